The first-order valence-electron chi connectivity index (χ1n) is 15.3. The molecule has 7 heteroatoms. The lowest BCUT2D eigenvalue weighted by Gasteiger charge is -2.19. The van der Waals surface area contributed by atoms with Gasteiger partial charge in [0.15, 0.2) is 0 Å². The Kier molecular flexibility index (Phi) is 7.82. The van der Waals surface area contributed by atoms with Crippen LogP contribution in [0.1, 0.15) is 69.7 Å². The number of rotatable bonds is 7. The number of fused-ring (bicyclic) bond motifs is 2. The van der Waals surface area contributed by atoms with Crippen LogP contribution in [0.3, 0.4) is 0 Å². The number of para-hydroxylation sites is 1. The molecule has 0 aliphatic carbocycles. The van der Waals surface area contributed by atoms with E-state index in [1.54, 1.807) is 6.07 Å². The molecule has 0 saturated carbocycles. The zero-order chi connectivity index (χ0) is 30.1. The van der Waals surface area contributed by atoms with Crippen LogP contribution in [0.5, 0.6) is 5.75 Å². The number of carbonyl (C=O) groups is 1. The third kappa shape index (κ3) is 6.21. The number of aryl methyl sites for hydroxylation is 4. The maximum Gasteiger partial charge on any atom is 0.514 e. The van der Waals surface area contributed by atoms with E-state index < -0.39 is 11.8 Å². The SMILES string of the molecule is CCCc1nc2c(C)cc(-c3cn4c(n3)CCCC4)cc2n1Cc1ccc(-c2ccccc2OC(=O)OC(C)(C)C)cc1. The van der Waals surface area contributed by atoms with Crippen LogP contribution >= 0.6 is 0 Å². The molecule has 7 nitrogen and oxygen atoms in total. The first-order chi connectivity index (χ1) is 20.7. The lowest BCUT2D eigenvalue weighted by Crippen LogP contribution is -2.26. The van der Waals surface area contributed by atoms with Crippen LogP contribution < -0.4 is 4.74 Å². The van der Waals surface area contributed by atoms with Crippen LogP contribution in [-0.4, -0.2) is 30.9 Å². The van der Waals surface area contributed by atoms with Gasteiger partial charge in [-0.2, -0.15) is 0 Å². The van der Waals surface area contributed by atoms with E-state index in [1.165, 1.54) is 29.8 Å². The first-order valence-corrected chi connectivity index (χ1v) is 15.3. The molecule has 0 amide bonds. The van der Waals surface area contributed by atoms with Crippen molar-refractivity contribution in [3.05, 3.63) is 89.6 Å². The molecule has 0 fully saturated rings. The van der Waals surface area contributed by atoms with E-state index in [-0.39, 0.29) is 0 Å². The van der Waals surface area contributed by atoms with Crippen molar-refractivity contribution in [3.8, 4) is 28.1 Å². The first kappa shape index (κ1) is 28.7. The van der Waals surface area contributed by atoms with Crippen molar-refractivity contribution in [1.29, 1.82) is 0 Å². The summed E-state index contributed by atoms with van der Waals surface area (Å²) in [5.41, 5.74) is 7.91. The largest absolute Gasteiger partial charge is 0.514 e. The Hall–Kier alpha value is -4.39. The Balaban J connectivity index is 1.31. The van der Waals surface area contributed by atoms with Gasteiger partial charge in [0.1, 0.15) is 23.0 Å². The number of hydrogen-bond acceptors (Lipinski definition) is 5. The van der Waals surface area contributed by atoms with Crippen molar-refractivity contribution < 1.29 is 14.3 Å². The Morgan fingerprint density at radius 1 is 0.977 bits per heavy atom. The van der Waals surface area contributed by atoms with Gasteiger partial charge in [0.25, 0.3) is 0 Å². The second-order valence-corrected chi connectivity index (χ2v) is 12.5. The van der Waals surface area contributed by atoms with Crippen molar-refractivity contribution >= 4 is 17.2 Å². The van der Waals surface area contributed by atoms with Gasteiger partial charge in [-0.05, 0) is 81.8 Å². The van der Waals surface area contributed by atoms with E-state index in [2.05, 4.69) is 65.6 Å². The maximum absolute atomic E-state index is 12.4. The predicted molar refractivity (Wildman–Crippen MR) is 170 cm³/mol. The van der Waals surface area contributed by atoms with Gasteiger partial charge in [0, 0.05) is 43.3 Å². The van der Waals surface area contributed by atoms with E-state index in [0.717, 1.165) is 65.0 Å². The highest BCUT2D eigenvalue weighted by Gasteiger charge is 2.20. The molecule has 0 spiro atoms. The normalized spacial score (nSPS) is 13.2. The summed E-state index contributed by atoms with van der Waals surface area (Å²) in [4.78, 5) is 22.5. The number of imidazole rings is 2. The average Bonchev–Trinajstić information content (AvgIpc) is 3.55. The van der Waals surface area contributed by atoms with Crippen LogP contribution in [0, 0.1) is 6.92 Å². The van der Waals surface area contributed by atoms with E-state index in [9.17, 15) is 4.79 Å². The number of ether oxygens (including phenoxy) is 2. The molecule has 3 heterocycles. The second kappa shape index (κ2) is 11.7. The lowest BCUT2D eigenvalue weighted by molar-refractivity contribution is 0.0207. The third-order valence-electron chi connectivity index (χ3n) is 7.88. The number of carbonyl (C=O) groups excluding carboxylic acids is 1. The summed E-state index contributed by atoms with van der Waals surface area (Å²) in [6, 6.07) is 20.5. The summed E-state index contributed by atoms with van der Waals surface area (Å²) in [6.07, 6.45) is 6.92. The van der Waals surface area contributed by atoms with Gasteiger partial charge in [-0.15, -0.1) is 0 Å². The molecule has 0 radical (unpaired) electrons. The Morgan fingerprint density at radius 2 is 1.77 bits per heavy atom. The molecule has 0 unspecified atom stereocenters. The Labute approximate surface area is 253 Å². The quantitative estimate of drug-likeness (QED) is 0.143. The topological polar surface area (TPSA) is 71.2 Å². The van der Waals surface area contributed by atoms with E-state index >= 15 is 0 Å². The van der Waals surface area contributed by atoms with Crippen molar-refractivity contribution in [2.45, 2.75) is 85.4 Å². The molecule has 0 N–H and O–H groups in total. The molecular formula is C36H40N4O3. The summed E-state index contributed by atoms with van der Waals surface area (Å²) in [6.45, 7) is 11.6. The molecule has 5 aromatic rings. The maximum atomic E-state index is 12.4. The summed E-state index contributed by atoms with van der Waals surface area (Å²) < 4.78 is 15.6. The number of nitrogens with zero attached hydrogens (tertiary/aromatic N) is 4. The molecule has 222 valence electrons. The van der Waals surface area contributed by atoms with Crippen molar-refractivity contribution in [2.75, 3.05) is 0 Å². The van der Waals surface area contributed by atoms with Gasteiger partial charge in [0.2, 0.25) is 0 Å². The van der Waals surface area contributed by atoms with Gasteiger partial charge >= 0.3 is 6.16 Å². The molecule has 1 aliphatic heterocycles. The van der Waals surface area contributed by atoms with Gasteiger partial charge < -0.3 is 18.6 Å². The predicted octanol–water partition coefficient (Wildman–Crippen LogP) is 8.53. The summed E-state index contributed by atoms with van der Waals surface area (Å²) in [5, 5.41) is 0. The minimum Gasteiger partial charge on any atom is -0.428 e. The number of hydrogen-bond donors (Lipinski definition) is 0. The lowest BCUT2D eigenvalue weighted by atomic mass is 10.0. The third-order valence-corrected chi connectivity index (χ3v) is 7.88. The molecule has 0 saturated heterocycles. The molecule has 3 aromatic carbocycles. The molecule has 2 aromatic heterocycles. The summed E-state index contributed by atoms with van der Waals surface area (Å²) >= 11 is 0. The summed E-state index contributed by atoms with van der Waals surface area (Å²) in [5.74, 6) is 2.76. The fourth-order valence-corrected chi connectivity index (χ4v) is 5.86. The summed E-state index contributed by atoms with van der Waals surface area (Å²) in [7, 11) is 0. The van der Waals surface area contributed by atoms with Crippen LogP contribution in [0.25, 0.3) is 33.4 Å². The van der Waals surface area contributed by atoms with E-state index in [4.69, 9.17) is 19.4 Å². The number of benzene rings is 3. The van der Waals surface area contributed by atoms with Crippen LogP contribution in [0.4, 0.5) is 4.79 Å². The Morgan fingerprint density at radius 3 is 2.51 bits per heavy atom. The van der Waals surface area contributed by atoms with E-state index in [1.807, 2.05) is 39.0 Å². The fourth-order valence-electron chi connectivity index (χ4n) is 5.86. The van der Waals surface area contributed by atoms with Gasteiger partial charge in [0.05, 0.1) is 16.7 Å². The Bertz CT molecular complexity index is 1750. The van der Waals surface area contributed by atoms with Crippen molar-refractivity contribution in [1.82, 2.24) is 19.1 Å². The minimum atomic E-state index is -0.711. The van der Waals surface area contributed by atoms with Gasteiger partial charge in [-0.1, -0.05) is 49.4 Å². The molecule has 0 bridgehead atoms. The standard InChI is InChI=1S/C36H40N4O3/c1-6-11-33-38-34-24(2)20-27(29-23-39-19-10-9-14-32(39)37-29)21-30(34)40(33)22-25-15-17-26(18-16-25)28-12-7-8-13-31(28)42-35(41)43-36(3,4)5/h7-8,12-13,15-18,20-21,23H,6,9-11,14,19,22H2,1-5H3. The van der Waals surface area contributed by atoms with Crippen molar-refractivity contribution in [3.63, 3.8) is 0 Å². The monoisotopic (exact) mass is 576 g/mol. The van der Waals surface area contributed by atoms with Crippen LogP contribution in [0.15, 0.2) is 66.9 Å². The van der Waals surface area contributed by atoms with Gasteiger partial charge in [-0.25, -0.2) is 14.8 Å². The minimum absolute atomic E-state index is 0.472. The smallest absolute Gasteiger partial charge is 0.428 e. The van der Waals surface area contributed by atoms with Crippen LogP contribution in [0.2, 0.25) is 0 Å². The number of aromatic nitrogens is 4. The molecule has 0 atom stereocenters. The zero-order valence-electron chi connectivity index (χ0n) is 25.8. The average molecular weight is 577 g/mol. The van der Waals surface area contributed by atoms with Crippen molar-refractivity contribution in [2.24, 2.45) is 0 Å². The molecule has 43 heavy (non-hydrogen) atoms. The second-order valence-electron chi connectivity index (χ2n) is 12.5. The fraction of sp³-hybridized carbons (Fsp3) is 0.361. The molecule has 1 aliphatic rings. The highest BCUT2D eigenvalue weighted by molar-refractivity contribution is 5.85. The molecule has 6 rings (SSSR count). The highest BCUT2D eigenvalue weighted by atomic mass is 16.7. The zero-order valence-corrected chi connectivity index (χ0v) is 25.8. The highest BCUT2D eigenvalue weighted by Crippen LogP contribution is 2.32. The van der Waals surface area contributed by atoms with Crippen LogP contribution in [-0.2, 0) is 30.7 Å². The molecular weight excluding hydrogens is 536 g/mol. The van der Waals surface area contributed by atoms with Gasteiger partial charge in [-0.3, -0.25) is 0 Å². The van der Waals surface area contributed by atoms with E-state index in [0.29, 0.717) is 12.3 Å².